The molecule has 3 N–H and O–H groups in total. The van der Waals surface area contributed by atoms with Crippen molar-refractivity contribution >= 4 is 17.7 Å². The second-order valence-corrected chi connectivity index (χ2v) is 10.1. The van der Waals surface area contributed by atoms with E-state index in [1.165, 1.54) is 0 Å². The standard InChI is InChI=1S/C23H31N3O4/c27-20(28)10-14-4-6-26(7-5-14)19-3-1-2-18(24-19)22(29)25-21-16-8-15-9-17(21)13-23(30,11-15)12-16/h1-3,14-17,21,30H,4-13H2,(H,25,29)(H,27,28)/t15?,16?,17?,21-,23-. The largest absolute Gasteiger partial charge is 0.481 e. The summed E-state index contributed by atoms with van der Waals surface area (Å²) in [4.78, 5) is 30.7. The van der Waals surface area contributed by atoms with Crippen molar-refractivity contribution in [3.8, 4) is 0 Å². The number of aliphatic hydroxyl groups is 1. The van der Waals surface area contributed by atoms with E-state index in [4.69, 9.17) is 5.11 Å². The molecule has 2 unspecified atom stereocenters. The van der Waals surface area contributed by atoms with Crippen molar-refractivity contribution in [2.24, 2.45) is 23.7 Å². The first kappa shape index (κ1) is 19.8. The second-order valence-electron chi connectivity index (χ2n) is 10.1. The van der Waals surface area contributed by atoms with Gasteiger partial charge in [0.15, 0.2) is 0 Å². The number of carbonyl (C=O) groups is 2. The molecular weight excluding hydrogens is 382 g/mol. The summed E-state index contributed by atoms with van der Waals surface area (Å²) < 4.78 is 0. The van der Waals surface area contributed by atoms with Gasteiger partial charge in [-0.05, 0) is 80.8 Å². The Kier molecular flexibility index (Phi) is 4.96. The number of carboxylic acid groups (broad SMARTS) is 1. The Balaban J connectivity index is 1.23. The number of nitrogens with zero attached hydrogens (tertiary/aromatic N) is 2. The molecule has 5 fully saturated rings. The van der Waals surface area contributed by atoms with Crippen molar-refractivity contribution in [3.63, 3.8) is 0 Å². The van der Waals surface area contributed by atoms with Gasteiger partial charge in [0.25, 0.3) is 5.91 Å². The summed E-state index contributed by atoms with van der Waals surface area (Å²) in [6.07, 6.45) is 6.68. The van der Waals surface area contributed by atoms with Gasteiger partial charge in [0, 0.05) is 25.6 Å². The lowest BCUT2D eigenvalue weighted by atomic mass is 9.52. The molecule has 7 nitrogen and oxygen atoms in total. The van der Waals surface area contributed by atoms with Crippen LogP contribution < -0.4 is 10.2 Å². The van der Waals surface area contributed by atoms with Crippen molar-refractivity contribution in [2.45, 2.75) is 63.0 Å². The van der Waals surface area contributed by atoms with Crippen molar-refractivity contribution < 1.29 is 19.8 Å². The number of hydrogen-bond acceptors (Lipinski definition) is 5. The lowest BCUT2D eigenvalue weighted by Crippen LogP contribution is -2.61. The van der Waals surface area contributed by atoms with E-state index >= 15 is 0 Å². The van der Waals surface area contributed by atoms with Crippen molar-refractivity contribution in [1.29, 1.82) is 0 Å². The van der Waals surface area contributed by atoms with Gasteiger partial charge < -0.3 is 20.4 Å². The van der Waals surface area contributed by atoms with Crippen LogP contribution in [0.25, 0.3) is 0 Å². The van der Waals surface area contributed by atoms with Crippen molar-refractivity contribution in [3.05, 3.63) is 23.9 Å². The summed E-state index contributed by atoms with van der Waals surface area (Å²) in [5.41, 5.74) is -0.0597. The molecule has 162 valence electrons. The number of piperidine rings is 1. The molecule has 1 aliphatic heterocycles. The van der Waals surface area contributed by atoms with E-state index in [0.717, 1.165) is 63.9 Å². The minimum atomic E-state index is -0.734. The van der Waals surface area contributed by atoms with Gasteiger partial charge in [-0.15, -0.1) is 0 Å². The van der Waals surface area contributed by atoms with Crippen LogP contribution in [-0.4, -0.2) is 51.8 Å². The van der Waals surface area contributed by atoms with Gasteiger partial charge in [-0.2, -0.15) is 0 Å². The molecule has 1 saturated heterocycles. The van der Waals surface area contributed by atoms with E-state index in [-0.39, 0.29) is 24.3 Å². The van der Waals surface area contributed by atoms with E-state index < -0.39 is 11.6 Å². The fourth-order valence-corrected chi connectivity index (χ4v) is 6.78. The Morgan fingerprint density at radius 3 is 2.47 bits per heavy atom. The predicted octanol–water partition coefficient (Wildman–Crippen LogP) is 2.44. The van der Waals surface area contributed by atoms with E-state index in [1.54, 1.807) is 6.07 Å². The number of anilines is 1. The second kappa shape index (κ2) is 7.52. The fourth-order valence-electron chi connectivity index (χ4n) is 6.78. The third kappa shape index (κ3) is 3.80. The van der Waals surface area contributed by atoms with E-state index in [2.05, 4.69) is 15.2 Å². The van der Waals surface area contributed by atoms with Crippen LogP contribution in [-0.2, 0) is 4.79 Å². The minimum absolute atomic E-state index is 0.123. The van der Waals surface area contributed by atoms with Crippen LogP contribution in [0.3, 0.4) is 0 Å². The molecular formula is C23H31N3O4. The molecule has 2 heterocycles. The SMILES string of the molecule is O=C(O)CC1CCN(c2cccc(C(=O)N[C@H]3C4CC5CC3C[C@](O)(C5)C4)n2)CC1. The highest BCUT2D eigenvalue weighted by molar-refractivity contribution is 5.93. The number of aromatic nitrogens is 1. The molecule has 0 aromatic carbocycles. The van der Waals surface area contributed by atoms with E-state index in [9.17, 15) is 14.7 Å². The van der Waals surface area contributed by atoms with Gasteiger partial charge in [-0.1, -0.05) is 6.07 Å². The van der Waals surface area contributed by atoms with Crippen LogP contribution in [0.4, 0.5) is 5.82 Å². The molecule has 1 aromatic heterocycles. The lowest BCUT2D eigenvalue weighted by Gasteiger charge is -2.58. The van der Waals surface area contributed by atoms with Crippen molar-refractivity contribution in [1.82, 2.24) is 10.3 Å². The Morgan fingerprint density at radius 1 is 1.13 bits per heavy atom. The Hall–Kier alpha value is -2.15. The Morgan fingerprint density at radius 2 is 1.83 bits per heavy atom. The zero-order valence-electron chi connectivity index (χ0n) is 17.3. The molecule has 7 heteroatoms. The summed E-state index contributed by atoms with van der Waals surface area (Å²) in [6.45, 7) is 1.53. The van der Waals surface area contributed by atoms with Crippen LogP contribution in [0.5, 0.6) is 0 Å². The van der Waals surface area contributed by atoms with E-state index in [1.807, 2.05) is 12.1 Å². The van der Waals surface area contributed by atoms with E-state index in [0.29, 0.717) is 23.4 Å². The number of amides is 1. The first-order valence-electron chi connectivity index (χ1n) is 11.4. The number of nitrogens with one attached hydrogen (secondary N) is 1. The van der Waals surface area contributed by atoms with Crippen molar-refractivity contribution in [2.75, 3.05) is 18.0 Å². The first-order valence-corrected chi connectivity index (χ1v) is 11.4. The first-order chi connectivity index (χ1) is 14.4. The summed E-state index contributed by atoms with van der Waals surface area (Å²) in [5, 5.41) is 23.0. The highest BCUT2D eigenvalue weighted by Gasteiger charge is 2.55. The summed E-state index contributed by atoms with van der Waals surface area (Å²) in [7, 11) is 0. The third-order valence-electron chi connectivity index (χ3n) is 7.91. The zero-order chi connectivity index (χ0) is 20.9. The molecule has 4 aliphatic carbocycles. The third-order valence-corrected chi connectivity index (χ3v) is 7.91. The number of aliphatic carboxylic acids is 1. The van der Waals surface area contributed by atoms with Crippen LogP contribution in [0.15, 0.2) is 18.2 Å². The zero-order valence-corrected chi connectivity index (χ0v) is 17.3. The van der Waals surface area contributed by atoms with Crippen LogP contribution in [0, 0.1) is 23.7 Å². The Bertz CT molecular complexity index is 819. The fraction of sp³-hybridized carbons (Fsp3) is 0.696. The number of pyridine rings is 1. The van der Waals surface area contributed by atoms with Crippen LogP contribution >= 0.6 is 0 Å². The number of carbonyl (C=O) groups excluding carboxylic acids is 1. The lowest BCUT2D eigenvalue weighted by molar-refractivity contribution is -0.138. The highest BCUT2D eigenvalue weighted by Crippen LogP contribution is 2.55. The molecule has 1 aromatic rings. The predicted molar refractivity (Wildman–Crippen MR) is 111 cm³/mol. The van der Waals surface area contributed by atoms with Gasteiger partial charge in [-0.3, -0.25) is 9.59 Å². The normalized spacial score (nSPS) is 35.4. The topological polar surface area (TPSA) is 103 Å². The molecule has 1 amide bonds. The van der Waals surface area contributed by atoms with Gasteiger partial charge in [-0.25, -0.2) is 4.98 Å². The van der Waals surface area contributed by atoms with Gasteiger partial charge in [0.05, 0.1) is 5.60 Å². The van der Waals surface area contributed by atoms with Gasteiger partial charge in [0.2, 0.25) is 0 Å². The van der Waals surface area contributed by atoms with Gasteiger partial charge >= 0.3 is 5.97 Å². The summed E-state index contributed by atoms with van der Waals surface area (Å²) in [6, 6.07) is 5.71. The van der Waals surface area contributed by atoms with Gasteiger partial charge in [0.1, 0.15) is 11.5 Å². The monoisotopic (exact) mass is 413 g/mol. The molecule has 6 rings (SSSR count). The molecule has 5 aliphatic rings. The highest BCUT2D eigenvalue weighted by atomic mass is 16.4. The molecule has 0 radical (unpaired) electrons. The molecule has 4 bridgehead atoms. The maximum atomic E-state index is 13.0. The number of rotatable bonds is 5. The average Bonchev–Trinajstić information content (AvgIpc) is 2.69. The maximum absolute atomic E-state index is 13.0. The molecule has 2 atom stereocenters. The summed E-state index contributed by atoms with van der Waals surface area (Å²) in [5.74, 6) is 1.52. The average molecular weight is 414 g/mol. The number of carboxylic acids is 1. The molecule has 30 heavy (non-hydrogen) atoms. The minimum Gasteiger partial charge on any atom is -0.481 e. The molecule has 0 spiro atoms. The summed E-state index contributed by atoms with van der Waals surface area (Å²) >= 11 is 0. The molecule has 4 saturated carbocycles. The number of hydrogen-bond donors (Lipinski definition) is 3. The van der Waals surface area contributed by atoms with Crippen LogP contribution in [0.2, 0.25) is 0 Å². The smallest absolute Gasteiger partial charge is 0.303 e. The quantitative estimate of drug-likeness (QED) is 0.685. The maximum Gasteiger partial charge on any atom is 0.303 e. The Labute approximate surface area is 176 Å². The van der Waals surface area contributed by atoms with Crippen LogP contribution in [0.1, 0.15) is 61.9 Å².